The Balaban J connectivity index is 1.26. The molecule has 7 nitrogen and oxygen atoms in total. The van der Waals surface area contributed by atoms with E-state index in [1.54, 1.807) is 0 Å². The highest BCUT2D eigenvalue weighted by molar-refractivity contribution is 8.18. The fourth-order valence-electron chi connectivity index (χ4n) is 7.59. The second-order valence-electron chi connectivity index (χ2n) is 13.5. The van der Waals surface area contributed by atoms with Crippen molar-refractivity contribution in [3.8, 4) is 0 Å². The van der Waals surface area contributed by atoms with E-state index < -0.39 is 11.6 Å². The van der Waals surface area contributed by atoms with E-state index in [4.69, 9.17) is 28.2 Å². The lowest BCUT2D eigenvalue weighted by Crippen LogP contribution is -2.58. The Morgan fingerprint density at radius 1 is 1.02 bits per heavy atom. The molecule has 0 unspecified atom stereocenters. The summed E-state index contributed by atoms with van der Waals surface area (Å²) in [6.07, 6.45) is 3.75. The van der Waals surface area contributed by atoms with Gasteiger partial charge in [-0.25, -0.2) is 4.99 Å². The van der Waals surface area contributed by atoms with Gasteiger partial charge in [0.2, 0.25) is 5.91 Å². The number of thioether (sulfide) groups is 1. The molecule has 1 saturated carbocycles. The third kappa shape index (κ3) is 4.97. The van der Waals surface area contributed by atoms with Crippen molar-refractivity contribution in [2.24, 2.45) is 10.9 Å². The quantitative estimate of drug-likeness (QED) is 0.396. The Morgan fingerprint density at radius 2 is 1.68 bits per heavy atom. The van der Waals surface area contributed by atoms with Gasteiger partial charge in [-0.1, -0.05) is 61.3 Å². The third-order valence-corrected chi connectivity index (χ3v) is 11.7. The van der Waals surface area contributed by atoms with E-state index in [2.05, 4.69) is 50.0 Å². The predicted molar refractivity (Wildman–Crippen MR) is 178 cm³/mol. The number of nitrogens with zero attached hydrogens (tertiary/aromatic N) is 4. The average molecular weight is 653 g/mol. The van der Waals surface area contributed by atoms with E-state index in [1.165, 1.54) is 11.8 Å². The molecule has 4 atom stereocenters. The zero-order valence-corrected chi connectivity index (χ0v) is 28.0. The number of rotatable bonds is 5. The fourth-order valence-corrected chi connectivity index (χ4v) is 9.19. The highest BCUT2D eigenvalue weighted by atomic mass is 35.5. The largest absolute Gasteiger partial charge is 0.338 e. The molecule has 2 amide bonds. The smallest absolute Gasteiger partial charge is 0.263 e. The second kappa shape index (κ2) is 11.1. The molecule has 10 heteroatoms. The van der Waals surface area contributed by atoms with Crippen molar-refractivity contribution in [2.75, 3.05) is 19.6 Å². The molecule has 2 saturated heterocycles. The van der Waals surface area contributed by atoms with E-state index in [0.29, 0.717) is 27.9 Å². The van der Waals surface area contributed by atoms with E-state index in [-0.39, 0.29) is 35.4 Å². The lowest BCUT2D eigenvalue weighted by Gasteiger charge is -2.38. The Bertz CT molecular complexity index is 1550. The third-order valence-electron chi connectivity index (χ3n) is 10.1. The minimum absolute atomic E-state index is 0.0143. The van der Waals surface area contributed by atoms with E-state index in [1.807, 2.05) is 46.2 Å². The lowest BCUT2D eigenvalue weighted by molar-refractivity contribution is -0.144. The number of hydrogen-bond donors (Lipinski definition) is 1. The average Bonchev–Trinajstić information content (AvgIpc) is 3.31. The van der Waals surface area contributed by atoms with Crippen LogP contribution in [0.4, 0.5) is 0 Å². The predicted octanol–water partition coefficient (Wildman–Crippen LogP) is 6.58. The van der Waals surface area contributed by atoms with Gasteiger partial charge in [-0.05, 0) is 92.6 Å². The number of carbonyl (C=O) groups excluding carboxylic acids is 2. The molecule has 2 aromatic carbocycles. The number of amidine groups is 1. The molecule has 2 aromatic rings. The Kier molecular flexibility index (Phi) is 7.59. The van der Waals surface area contributed by atoms with Crippen LogP contribution in [0.2, 0.25) is 10.0 Å². The molecule has 1 N–H and O–H groups in total. The summed E-state index contributed by atoms with van der Waals surface area (Å²) in [6, 6.07) is 15.2. The van der Waals surface area contributed by atoms with Crippen LogP contribution in [-0.4, -0.2) is 68.9 Å². The van der Waals surface area contributed by atoms with Gasteiger partial charge in [0.1, 0.15) is 16.5 Å². The van der Waals surface area contributed by atoms with Gasteiger partial charge in [-0.2, -0.15) is 0 Å². The molecule has 3 fully saturated rings. The molecule has 0 bridgehead atoms. The fraction of sp³-hybridized carbons (Fsp3) is 0.500. The normalized spacial score (nSPS) is 29.1. The van der Waals surface area contributed by atoms with Crippen molar-refractivity contribution < 1.29 is 9.59 Å². The summed E-state index contributed by atoms with van der Waals surface area (Å²) in [6.45, 7) is 10.7. The summed E-state index contributed by atoms with van der Waals surface area (Å²) in [4.78, 5) is 40.8. The molecule has 0 radical (unpaired) electrons. The van der Waals surface area contributed by atoms with Crippen LogP contribution in [0.1, 0.15) is 70.5 Å². The molecule has 5 aliphatic rings. The first-order valence-corrected chi connectivity index (χ1v) is 17.3. The number of hydrogen-bond acceptors (Lipinski definition) is 6. The van der Waals surface area contributed by atoms with Crippen LogP contribution in [0.25, 0.3) is 0 Å². The van der Waals surface area contributed by atoms with E-state index in [0.717, 1.165) is 54.3 Å². The van der Waals surface area contributed by atoms with Gasteiger partial charge >= 0.3 is 0 Å². The topological polar surface area (TPSA) is 68.2 Å². The molecular formula is C34H39Cl2N5O2S. The number of piperazine rings is 1. The van der Waals surface area contributed by atoms with Gasteiger partial charge in [-0.3, -0.25) is 9.59 Å². The standard InChI is InChI=1S/C34H39Cl2N5O2S/c1-20(2)27-28(31(43)40-21(3)5-14-26(40)30(42)39-18-17-37-34(19-39)15-16-34)44-32-38-33(4,23-8-12-25(36)13-9-23)29(41(27)32)22-6-10-24(35)11-7-22/h6-13,20-21,26,29,37H,5,14-19H2,1-4H3/t21-,26+,29-,33+/m1/s1. The summed E-state index contributed by atoms with van der Waals surface area (Å²) in [5.74, 6) is 0.0855. The summed E-state index contributed by atoms with van der Waals surface area (Å²) < 4.78 is 0. The van der Waals surface area contributed by atoms with Gasteiger partial charge in [0.25, 0.3) is 5.91 Å². The molecule has 44 heavy (non-hydrogen) atoms. The van der Waals surface area contributed by atoms with Crippen molar-refractivity contribution in [1.82, 2.24) is 20.0 Å². The van der Waals surface area contributed by atoms with Crippen LogP contribution in [0.15, 0.2) is 64.1 Å². The van der Waals surface area contributed by atoms with Gasteiger partial charge < -0.3 is 20.0 Å². The Morgan fingerprint density at radius 3 is 2.32 bits per heavy atom. The zero-order valence-electron chi connectivity index (χ0n) is 25.6. The molecule has 0 aromatic heterocycles. The number of aliphatic imine (C=N–C) groups is 1. The first kappa shape index (κ1) is 30.2. The van der Waals surface area contributed by atoms with Crippen molar-refractivity contribution in [3.05, 3.63) is 80.3 Å². The van der Waals surface area contributed by atoms with Crippen molar-refractivity contribution >= 4 is 51.9 Å². The summed E-state index contributed by atoms with van der Waals surface area (Å²) in [5.41, 5.74) is 2.53. The SMILES string of the molecule is CC(C)C1=C(C(=O)N2[C@H](C)CC[C@H]2C(=O)N2CCNC3(CC3)C2)SC2=N[C@@](C)(c3ccc(Cl)cc3)[C@@H](c3ccc(Cl)cc3)N21. The monoisotopic (exact) mass is 651 g/mol. The van der Waals surface area contributed by atoms with Crippen LogP contribution >= 0.6 is 35.0 Å². The lowest BCUT2D eigenvalue weighted by atomic mass is 9.81. The van der Waals surface area contributed by atoms with Gasteiger partial charge in [0.15, 0.2) is 5.17 Å². The minimum Gasteiger partial charge on any atom is -0.338 e. The summed E-state index contributed by atoms with van der Waals surface area (Å²) >= 11 is 14.1. The first-order chi connectivity index (χ1) is 21.0. The van der Waals surface area contributed by atoms with Crippen molar-refractivity contribution in [2.45, 2.75) is 82.6 Å². The number of carbonyl (C=O) groups is 2. The number of likely N-dealkylation sites (tertiary alicyclic amines) is 1. The van der Waals surface area contributed by atoms with Gasteiger partial charge in [0.05, 0.1) is 6.04 Å². The number of nitrogens with one attached hydrogen (secondary N) is 1. The van der Waals surface area contributed by atoms with Crippen LogP contribution in [0, 0.1) is 5.92 Å². The van der Waals surface area contributed by atoms with Crippen LogP contribution in [0.3, 0.4) is 0 Å². The number of amides is 2. The number of fused-ring (bicyclic) bond motifs is 1. The number of benzene rings is 2. The Hall–Kier alpha value is -2.52. The zero-order chi connectivity index (χ0) is 31.0. The highest BCUT2D eigenvalue weighted by Gasteiger charge is 2.55. The van der Waals surface area contributed by atoms with Crippen molar-refractivity contribution in [3.63, 3.8) is 0 Å². The first-order valence-electron chi connectivity index (χ1n) is 15.7. The summed E-state index contributed by atoms with van der Waals surface area (Å²) in [5, 5.41) is 5.75. The maximum atomic E-state index is 14.6. The second-order valence-corrected chi connectivity index (χ2v) is 15.3. The maximum Gasteiger partial charge on any atom is 0.263 e. The molecular weight excluding hydrogens is 613 g/mol. The van der Waals surface area contributed by atoms with Gasteiger partial charge in [-0.15, -0.1) is 0 Å². The van der Waals surface area contributed by atoms with E-state index >= 15 is 0 Å². The molecule has 232 valence electrons. The molecule has 1 spiro atoms. The van der Waals surface area contributed by atoms with Gasteiger partial charge in [0, 0.05) is 47.0 Å². The van der Waals surface area contributed by atoms with Crippen LogP contribution < -0.4 is 5.32 Å². The Labute approximate surface area is 274 Å². The van der Waals surface area contributed by atoms with Crippen LogP contribution in [-0.2, 0) is 15.1 Å². The molecule has 7 rings (SSSR count). The summed E-state index contributed by atoms with van der Waals surface area (Å²) in [7, 11) is 0. The van der Waals surface area contributed by atoms with Crippen molar-refractivity contribution in [1.29, 1.82) is 0 Å². The van der Waals surface area contributed by atoms with E-state index in [9.17, 15) is 9.59 Å². The van der Waals surface area contributed by atoms with Crippen LogP contribution in [0.5, 0.6) is 0 Å². The minimum atomic E-state index is -0.629. The molecule has 4 aliphatic heterocycles. The number of allylic oxidation sites excluding steroid dienone is 1. The number of halogens is 2. The molecule has 4 heterocycles. The highest BCUT2D eigenvalue weighted by Crippen LogP contribution is 2.56. The molecule has 1 aliphatic carbocycles. The maximum absolute atomic E-state index is 14.6.